The molecule has 1 aliphatic heterocycles. The van der Waals surface area contributed by atoms with Gasteiger partial charge in [-0.15, -0.1) is 0 Å². The standard InChI is InChI=1S/C10H6Br2O3/c11-7-8(12)10(15-9(7)13)14-6-4-2-1-3-5-6/h1-5,10H. The molecule has 78 valence electrons. The number of carbonyl (C=O) groups excluding carboxylic acids is 1. The van der Waals surface area contributed by atoms with Crippen molar-refractivity contribution in [1.82, 2.24) is 0 Å². The lowest BCUT2D eigenvalue weighted by Crippen LogP contribution is -2.17. The number of ether oxygens (including phenoxy) is 2. The van der Waals surface area contributed by atoms with E-state index < -0.39 is 12.3 Å². The van der Waals surface area contributed by atoms with Crippen LogP contribution in [0.3, 0.4) is 0 Å². The lowest BCUT2D eigenvalue weighted by atomic mass is 10.3. The summed E-state index contributed by atoms with van der Waals surface area (Å²) in [6.45, 7) is 0. The van der Waals surface area contributed by atoms with Crippen molar-refractivity contribution in [1.29, 1.82) is 0 Å². The molecule has 0 fully saturated rings. The average molecular weight is 334 g/mol. The quantitative estimate of drug-likeness (QED) is 0.781. The van der Waals surface area contributed by atoms with Crippen molar-refractivity contribution in [3.8, 4) is 5.75 Å². The molecule has 0 saturated heterocycles. The predicted molar refractivity (Wildman–Crippen MR) is 61.8 cm³/mol. The van der Waals surface area contributed by atoms with Crippen LogP contribution in [0.1, 0.15) is 0 Å². The molecule has 2 rings (SSSR count). The molecule has 0 amide bonds. The molecule has 15 heavy (non-hydrogen) atoms. The first-order valence-corrected chi connectivity index (χ1v) is 5.75. The van der Waals surface area contributed by atoms with Crippen LogP contribution in [-0.4, -0.2) is 12.3 Å². The Morgan fingerprint density at radius 1 is 1.20 bits per heavy atom. The molecule has 0 saturated carbocycles. The van der Waals surface area contributed by atoms with Crippen molar-refractivity contribution in [2.24, 2.45) is 0 Å². The Hall–Kier alpha value is -0.810. The Labute approximate surface area is 103 Å². The highest BCUT2D eigenvalue weighted by atomic mass is 79.9. The lowest BCUT2D eigenvalue weighted by molar-refractivity contribution is -0.148. The molecule has 0 bridgehead atoms. The minimum absolute atomic E-state index is 0.364. The smallest absolute Gasteiger partial charge is 0.349 e. The number of benzene rings is 1. The Morgan fingerprint density at radius 2 is 1.87 bits per heavy atom. The van der Waals surface area contributed by atoms with E-state index in [1.807, 2.05) is 18.2 Å². The highest BCUT2D eigenvalue weighted by molar-refractivity contribution is 9.14. The van der Waals surface area contributed by atoms with Gasteiger partial charge in [-0.05, 0) is 44.0 Å². The van der Waals surface area contributed by atoms with Gasteiger partial charge in [-0.2, -0.15) is 0 Å². The number of hydrogen-bond acceptors (Lipinski definition) is 3. The summed E-state index contributed by atoms with van der Waals surface area (Å²) in [7, 11) is 0. The summed E-state index contributed by atoms with van der Waals surface area (Å²) in [5.41, 5.74) is 0. The second kappa shape index (κ2) is 4.37. The number of rotatable bonds is 2. The molecule has 1 unspecified atom stereocenters. The Balaban J connectivity index is 2.13. The summed E-state index contributed by atoms with van der Waals surface area (Å²) < 4.78 is 11.3. The molecule has 1 aliphatic rings. The molecule has 3 nitrogen and oxygen atoms in total. The number of cyclic esters (lactones) is 1. The predicted octanol–water partition coefficient (Wildman–Crippen LogP) is 2.95. The average Bonchev–Trinajstić information content (AvgIpc) is 2.48. The van der Waals surface area contributed by atoms with Crippen LogP contribution in [0.5, 0.6) is 5.75 Å². The molecular formula is C10H6Br2O3. The van der Waals surface area contributed by atoms with E-state index in [1.54, 1.807) is 12.1 Å². The van der Waals surface area contributed by atoms with E-state index in [9.17, 15) is 4.79 Å². The highest BCUT2D eigenvalue weighted by Crippen LogP contribution is 2.32. The molecule has 0 spiro atoms. The van der Waals surface area contributed by atoms with Gasteiger partial charge in [-0.1, -0.05) is 18.2 Å². The molecule has 0 N–H and O–H groups in total. The van der Waals surface area contributed by atoms with Crippen molar-refractivity contribution in [2.45, 2.75) is 6.29 Å². The fraction of sp³-hybridized carbons (Fsp3) is 0.100. The SMILES string of the molecule is O=C1OC(Oc2ccccc2)C(Br)=C1Br. The van der Waals surface area contributed by atoms with Gasteiger partial charge in [0.1, 0.15) is 10.2 Å². The van der Waals surface area contributed by atoms with Crippen LogP contribution >= 0.6 is 31.9 Å². The van der Waals surface area contributed by atoms with Gasteiger partial charge in [0.15, 0.2) is 0 Å². The van der Waals surface area contributed by atoms with Crippen LogP contribution in [0.2, 0.25) is 0 Å². The second-order valence-corrected chi connectivity index (χ2v) is 4.48. The van der Waals surface area contributed by atoms with E-state index in [0.29, 0.717) is 14.7 Å². The Morgan fingerprint density at radius 3 is 2.40 bits per heavy atom. The number of carbonyl (C=O) groups is 1. The van der Waals surface area contributed by atoms with Crippen molar-refractivity contribution < 1.29 is 14.3 Å². The van der Waals surface area contributed by atoms with Gasteiger partial charge < -0.3 is 9.47 Å². The molecule has 0 radical (unpaired) electrons. The van der Waals surface area contributed by atoms with E-state index in [4.69, 9.17) is 9.47 Å². The summed E-state index contributed by atoms with van der Waals surface area (Å²) >= 11 is 6.33. The summed E-state index contributed by atoms with van der Waals surface area (Å²) in [6.07, 6.45) is -0.700. The number of halogens is 2. The fourth-order valence-corrected chi connectivity index (χ4v) is 1.73. The van der Waals surface area contributed by atoms with Gasteiger partial charge in [0.2, 0.25) is 0 Å². The van der Waals surface area contributed by atoms with Crippen LogP contribution in [-0.2, 0) is 9.53 Å². The Bertz CT molecular complexity index is 414. The third kappa shape index (κ3) is 2.23. The van der Waals surface area contributed by atoms with Crippen LogP contribution in [0.4, 0.5) is 0 Å². The van der Waals surface area contributed by atoms with Gasteiger partial charge >= 0.3 is 5.97 Å². The van der Waals surface area contributed by atoms with Crippen molar-refractivity contribution >= 4 is 37.8 Å². The van der Waals surface area contributed by atoms with Crippen molar-refractivity contribution in [3.05, 3.63) is 39.3 Å². The van der Waals surface area contributed by atoms with Gasteiger partial charge in [-0.25, -0.2) is 4.79 Å². The number of para-hydroxylation sites is 1. The summed E-state index contributed by atoms with van der Waals surface area (Å²) in [5, 5.41) is 0. The first-order valence-electron chi connectivity index (χ1n) is 4.16. The summed E-state index contributed by atoms with van der Waals surface area (Å²) in [6, 6.07) is 9.16. The van der Waals surface area contributed by atoms with Crippen LogP contribution < -0.4 is 4.74 Å². The monoisotopic (exact) mass is 332 g/mol. The fourth-order valence-electron chi connectivity index (χ4n) is 1.10. The summed E-state index contributed by atoms with van der Waals surface area (Å²) in [5.74, 6) is 0.220. The van der Waals surface area contributed by atoms with E-state index in [1.165, 1.54) is 0 Å². The maximum atomic E-state index is 11.1. The van der Waals surface area contributed by atoms with Gasteiger partial charge in [0.05, 0.1) is 4.48 Å². The van der Waals surface area contributed by atoms with Crippen LogP contribution in [0.25, 0.3) is 0 Å². The second-order valence-electron chi connectivity index (χ2n) is 2.83. The zero-order valence-corrected chi connectivity index (χ0v) is 10.6. The maximum absolute atomic E-state index is 11.1. The van der Waals surface area contributed by atoms with E-state index in [2.05, 4.69) is 31.9 Å². The lowest BCUT2D eigenvalue weighted by Gasteiger charge is -2.12. The molecule has 1 aromatic carbocycles. The molecule has 1 heterocycles. The molecular weight excluding hydrogens is 328 g/mol. The molecule has 5 heteroatoms. The molecule has 0 aromatic heterocycles. The number of hydrogen-bond donors (Lipinski definition) is 0. The zero-order chi connectivity index (χ0) is 10.8. The van der Waals surface area contributed by atoms with Gasteiger partial charge in [0.25, 0.3) is 6.29 Å². The van der Waals surface area contributed by atoms with E-state index >= 15 is 0 Å². The zero-order valence-electron chi connectivity index (χ0n) is 7.44. The minimum atomic E-state index is -0.700. The van der Waals surface area contributed by atoms with Crippen molar-refractivity contribution in [3.63, 3.8) is 0 Å². The number of esters is 1. The first-order chi connectivity index (χ1) is 7.18. The van der Waals surface area contributed by atoms with Crippen LogP contribution in [0.15, 0.2) is 39.3 Å². The third-order valence-electron chi connectivity index (χ3n) is 1.80. The van der Waals surface area contributed by atoms with Gasteiger partial charge in [-0.3, -0.25) is 0 Å². The van der Waals surface area contributed by atoms with Gasteiger partial charge in [0, 0.05) is 0 Å². The topological polar surface area (TPSA) is 35.5 Å². The summed E-state index contributed by atoms with van der Waals surface area (Å²) in [4.78, 5) is 11.1. The van der Waals surface area contributed by atoms with E-state index in [0.717, 1.165) is 0 Å². The molecule has 1 aromatic rings. The normalized spacial score (nSPS) is 20.4. The largest absolute Gasteiger partial charge is 0.450 e. The molecule has 0 aliphatic carbocycles. The van der Waals surface area contributed by atoms with E-state index in [-0.39, 0.29) is 0 Å². The molecule has 1 atom stereocenters. The third-order valence-corrected chi connectivity index (χ3v) is 3.85. The maximum Gasteiger partial charge on any atom is 0.349 e. The van der Waals surface area contributed by atoms with Crippen LogP contribution in [0, 0.1) is 0 Å². The first kappa shape index (κ1) is 10.7. The highest BCUT2D eigenvalue weighted by Gasteiger charge is 2.32. The minimum Gasteiger partial charge on any atom is -0.450 e. The Kier molecular flexibility index (Phi) is 3.11. The van der Waals surface area contributed by atoms with Crippen molar-refractivity contribution in [2.75, 3.05) is 0 Å².